The van der Waals surface area contributed by atoms with Crippen LogP contribution in [0.5, 0.6) is 0 Å². The zero-order chi connectivity index (χ0) is 14.4. The van der Waals surface area contributed by atoms with Crippen molar-refractivity contribution < 1.29 is 0 Å². The summed E-state index contributed by atoms with van der Waals surface area (Å²) in [7, 11) is 0. The second kappa shape index (κ2) is 7.39. The van der Waals surface area contributed by atoms with E-state index in [1.54, 1.807) is 11.8 Å². The molecule has 20 heavy (non-hydrogen) atoms. The van der Waals surface area contributed by atoms with Gasteiger partial charge in [-0.25, -0.2) is 0 Å². The summed E-state index contributed by atoms with van der Waals surface area (Å²) in [6.45, 7) is 4.42. The molecular weight excluding hydrogens is 262 g/mol. The summed E-state index contributed by atoms with van der Waals surface area (Å²) in [5, 5.41) is 3.55. The van der Waals surface area contributed by atoms with Crippen LogP contribution in [0.3, 0.4) is 0 Å². The summed E-state index contributed by atoms with van der Waals surface area (Å²) < 4.78 is 0. The maximum atomic E-state index is 3.55. The van der Waals surface area contributed by atoms with Crippen molar-refractivity contribution >= 4 is 17.4 Å². The number of benzene rings is 2. The zero-order valence-electron chi connectivity index (χ0n) is 12.5. The summed E-state index contributed by atoms with van der Waals surface area (Å²) >= 11 is 1.77. The van der Waals surface area contributed by atoms with Crippen LogP contribution < -0.4 is 5.32 Å². The molecule has 0 saturated carbocycles. The molecule has 0 aliphatic carbocycles. The molecule has 0 radical (unpaired) electrons. The number of nitrogens with one attached hydrogen (secondary N) is 1. The minimum Gasteiger partial charge on any atom is -0.379 e. The maximum Gasteiger partial charge on any atom is 0.0485 e. The van der Waals surface area contributed by atoms with Gasteiger partial charge in [0.15, 0.2) is 0 Å². The quantitative estimate of drug-likeness (QED) is 0.700. The van der Waals surface area contributed by atoms with Crippen LogP contribution in [-0.4, -0.2) is 6.26 Å². The Morgan fingerprint density at radius 1 is 1.00 bits per heavy atom. The van der Waals surface area contributed by atoms with Crippen LogP contribution in [0.2, 0.25) is 0 Å². The smallest absolute Gasteiger partial charge is 0.0485 e. The predicted octanol–water partition coefficient (Wildman–Crippen LogP) is 5.53. The van der Waals surface area contributed by atoms with Crippen molar-refractivity contribution in [2.75, 3.05) is 11.6 Å². The Hall–Kier alpha value is -1.41. The van der Waals surface area contributed by atoms with Crippen molar-refractivity contribution in [3.05, 3.63) is 59.7 Å². The van der Waals surface area contributed by atoms with Crippen LogP contribution in [0.4, 0.5) is 5.69 Å². The summed E-state index contributed by atoms with van der Waals surface area (Å²) in [4.78, 5) is 1.30. The molecule has 0 heterocycles. The molecule has 2 aromatic rings. The van der Waals surface area contributed by atoms with E-state index in [1.807, 2.05) is 0 Å². The topological polar surface area (TPSA) is 12.0 Å². The van der Waals surface area contributed by atoms with E-state index in [-0.39, 0.29) is 0 Å². The van der Waals surface area contributed by atoms with Crippen LogP contribution in [0, 0.1) is 0 Å². The lowest BCUT2D eigenvalue weighted by molar-refractivity contribution is 0.876. The predicted molar refractivity (Wildman–Crippen MR) is 90.7 cm³/mol. The normalized spacial score (nSPS) is 12.2. The van der Waals surface area contributed by atoms with E-state index in [4.69, 9.17) is 0 Å². The van der Waals surface area contributed by atoms with Crippen molar-refractivity contribution in [3.63, 3.8) is 0 Å². The van der Waals surface area contributed by atoms with Crippen LogP contribution in [-0.2, 0) is 6.42 Å². The lowest BCUT2D eigenvalue weighted by atomic mass is 10.0. The summed E-state index contributed by atoms with van der Waals surface area (Å²) in [5.41, 5.74) is 3.93. The number of rotatable bonds is 6. The van der Waals surface area contributed by atoms with Gasteiger partial charge in [-0.15, -0.1) is 11.8 Å². The van der Waals surface area contributed by atoms with Crippen molar-refractivity contribution in [1.82, 2.24) is 0 Å². The van der Waals surface area contributed by atoms with Crippen molar-refractivity contribution in [1.29, 1.82) is 0 Å². The second-order valence-corrected chi connectivity index (χ2v) is 5.97. The number of aryl methyl sites for hydroxylation is 1. The maximum absolute atomic E-state index is 3.55. The van der Waals surface area contributed by atoms with E-state index in [0.29, 0.717) is 6.04 Å². The lowest BCUT2D eigenvalue weighted by Gasteiger charge is -2.16. The first-order chi connectivity index (χ1) is 9.72. The fourth-order valence-corrected chi connectivity index (χ4v) is 2.69. The Morgan fingerprint density at radius 2 is 1.65 bits per heavy atom. The van der Waals surface area contributed by atoms with E-state index in [0.717, 1.165) is 6.42 Å². The van der Waals surface area contributed by atoms with Crippen molar-refractivity contribution in [2.24, 2.45) is 0 Å². The van der Waals surface area contributed by atoms with Gasteiger partial charge in [-0.1, -0.05) is 37.6 Å². The molecule has 1 N–H and O–H groups in total. The molecule has 2 rings (SSSR count). The third-order valence-electron chi connectivity index (χ3n) is 3.49. The third kappa shape index (κ3) is 4.04. The van der Waals surface area contributed by atoms with Gasteiger partial charge in [0.2, 0.25) is 0 Å². The molecular formula is C18H23NS. The molecule has 0 saturated heterocycles. The van der Waals surface area contributed by atoms with Gasteiger partial charge in [0.25, 0.3) is 0 Å². The van der Waals surface area contributed by atoms with Gasteiger partial charge >= 0.3 is 0 Å². The molecule has 0 aromatic heterocycles. The zero-order valence-corrected chi connectivity index (χ0v) is 13.3. The minimum absolute atomic E-state index is 0.325. The monoisotopic (exact) mass is 285 g/mol. The molecule has 2 heteroatoms. The molecule has 0 spiro atoms. The van der Waals surface area contributed by atoms with E-state index < -0.39 is 0 Å². The van der Waals surface area contributed by atoms with Crippen molar-refractivity contribution in [3.8, 4) is 0 Å². The van der Waals surface area contributed by atoms with Gasteiger partial charge in [0.05, 0.1) is 0 Å². The Bertz CT molecular complexity index is 516. The van der Waals surface area contributed by atoms with E-state index in [9.17, 15) is 0 Å². The molecule has 1 nitrogen and oxygen atoms in total. The fraction of sp³-hybridized carbons (Fsp3) is 0.333. The average molecular weight is 285 g/mol. The van der Waals surface area contributed by atoms with E-state index in [2.05, 4.69) is 74.0 Å². The Morgan fingerprint density at radius 3 is 2.20 bits per heavy atom. The number of anilines is 1. The first kappa shape index (κ1) is 15.0. The first-order valence-electron chi connectivity index (χ1n) is 7.22. The highest BCUT2D eigenvalue weighted by molar-refractivity contribution is 7.98. The summed E-state index contributed by atoms with van der Waals surface area (Å²) in [6.07, 6.45) is 4.47. The van der Waals surface area contributed by atoms with Crippen LogP contribution in [0.15, 0.2) is 53.4 Å². The first-order valence-corrected chi connectivity index (χ1v) is 8.45. The molecule has 0 aliphatic heterocycles. The molecule has 1 atom stereocenters. The van der Waals surface area contributed by atoms with Gasteiger partial charge in [-0.05, 0) is 55.0 Å². The second-order valence-electron chi connectivity index (χ2n) is 5.09. The van der Waals surface area contributed by atoms with Gasteiger partial charge in [-0.3, -0.25) is 0 Å². The highest BCUT2D eigenvalue weighted by atomic mass is 32.2. The molecule has 2 aromatic carbocycles. The van der Waals surface area contributed by atoms with Gasteiger partial charge < -0.3 is 5.32 Å². The van der Waals surface area contributed by atoms with E-state index >= 15 is 0 Å². The largest absolute Gasteiger partial charge is 0.379 e. The lowest BCUT2D eigenvalue weighted by Crippen LogP contribution is -2.06. The van der Waals surface area contributed by atoms with Crippen LogP contribution in [0.25, 0.3) is 0 Å². The molecule has 0 fully saturated rings. The van der Waals surface area contributed by atoms with Crippen molar-refractivity contribution in [2.45, 2.75) is 37.6 Å². The standard InChI is InChI=1S/C18H23NS/c1-4-5-15-6-8-16(9-7-15)14(2)19-17-10-12-18(20-3)13-11-17/h6-14,19H,4-5H2,1-3H3. The van der Waals surface area contributed by atoms with E-state index in [1.165, 1.54) is 28.1 Å². The van der Waals surface area contributed by atoms with Crippen LogP contribution >= 0.6 is 11.8 Å². The van der Waals surface area contributed by atoms with Gasteiger partial charge in [0.1, 0.15) is 0 Å². The SMILES string of the molecule is CCCc1ccc(C(C)Nc2ccc(SC)cc2)cc1. The summed E-state index contributed by atoms with van der Waals surface area (Å²) in [6, 6.07) is 17.9. The highest BCUT2D eigenvalue weighted by Crippen LogP contribution is 2.22. The molecule has 106 valence electrons. The number of hydrogen-bond donors (Lipinski definition) is 1. The molecule has 0 amide bonds. The Kier molecular flexibility index (Phi) is 5.54. The molecule has 0 aliphatic rings. The number of thioether (sulfide) groups is 1. The minimum atomic E-state index is 0.325. The Labute approximate surface area is 126 Å². The third-order valence-corrected chi connectivity index (χ3v) is 4.24. The highest BCUT2D eigenvalue weighted by Gasteiger charge is 2.05. The fourth-order valence-electron chi connectivity index (χ4n) is 2.28. The van der Waals surface area contributed by atoms with Gasteiger partial charge in [-0.2, -0.15) is 0 Å². The molecule has 1 unspecified atom stereocenters. The average Bonchev–Trinajstić information content (AvgIpc) is 2.49. The molecule has 0 bridgehead atoms. The Balaban J connectivity index is 2.01. The van der Waals surface area contributed by atoms with Gasteiger partial charge in [0, 0.05) is 16.6 Å². The summed E-state index contributed by atoms with van der Waals surface area (Å²) in [5.74, 6) is 0. The number of hydrogen-bond acceptors (Lipinski definition) is 2. The van der Waals surface area contributed by atoms with Crippen LogP contribution in [0.1, 0.15) is 37.4 Å².